The number of hydrogen-bond donors (Lipinski definition) is 0. The molecule has 0 bridgehead atoms. The maximum Gasteiger partial charge on any atom is 0.224 e. The Morgan fingerprint density at radius 2 is 1.81 bits per heavy atom. The normalized spacial score (nSPS) is 20.4. The van der Waals surface area contributed by atoms with E-state index in [9.17, 15) is 4.79 Å². The van der Waals surface area contributed by atoms with Crippen molar-refractivity contribution < 1.29 is 14.3 Å². The Labute approximate surface area is 154 Å². The monoisotopic (exact) mass is 356 g/mol. The van der Waals surface area contributed by atoms with Gasteiger partial charge in [-0.3, -0.25) is 4.79 Å². The van der Waals surface area contributed by atoms with Crippen LogP contribution in [0.4, 0.5) is 0 Å². The van der Waals surface area contributed by atoms with E-state index in [1.165, 1.54) is 16.5 Å². The van der Waals surface area contributed by atoms with Crippen LogP contribution in [-0.4, -0.2) is 53.9 Å². The lowest BCUT2D eigenvalue weighted by Gasteiger charge is -2.45. The number of fused-ring (bicyclic) bond motifs is 1. The lowest BCUT2D eigenvalue weighted by Crippen LogP contribution is -2.55. The fraction of sp³-hybridized carbons (Fsp3) is 0.571. The Kier molecular flexibility index (Phi) is 5.00. The first kappa shape index (κ1) is 17.6. The van der Waals surface area contributed by atoms with Gasteiger partial charge < -0.3 is 18.9 Å². The van der Waals surface area contributed by atoms with Gasteiger partial charge in [-0.15, -0.1) is 0 Å². The van der Waals surface area contributed by atoms with Crippen molar-refractivity contribution in [3.63, 3.8) is 0 Å². The second-order valence-corrected chi connectivity index (χ2v) is 7.57. The van der Waals surface area contributed by atoms with Crippen molar-refractivity contribution in [1.29, 1.82) is 0 Å². The zero-order valence-corrected chi connectivity index (χ0v) is 15.6. The molecule has 2 aliphatic heterocycles. The van der Waals surface area contributed by atoms with Gasteiger partial charge in [0.15, 0.2) is 0 Å². The van der Waals surface area contributed by atoms with E-state index in [0.717, 1.165) is 45.6 Å². The molecule has 1 spiro atoms. The molecule has 1 aromatic carbocycles. The van der Waals surface area contributed by atoms with E-state index in [1.807, 2.05) is 0 Å². The third kappa shape index (κ3) is 3.38. The number of carbonyl (C=O) groups is 1. The molecule has 0 radical (unpaired) electrons. The summed E-state index contributed by atoms with van der Waals surface area (Å²) in [7, 11) is 0. The summed E-state index contributed by atoms with van der Waals surface area (Å²) in [4.78, 5) is 15.2. The summed E-state index contributed by atoms with van der Waals surface area (Å²) in [5.41, 5.74) is 2.39. The van der Waals surface area contributed by atoms with Crippen molar-refractivity contribution in [2.45, 2.75) is 44.7 Å². The minimum Gasteiger partial charge on any atom is -0.381 e. The van der Waals surface area contributed by atoms with Gasteiger partial charge in [0, 0.05) is 56.6 Å². The van der Waals surface area contributed by atoms with Gasteiger partial charge in [0.2, 0.25) is 5.91 Å². The second kappa shape index (κ2) is 7.41. The van der Waals surface area contributed by atoms with Gasteiger partial charge in [0.1, 0.15) is 0 Å². The third-order valence-corrected chi connectivity index (χ3v) is 5.96. The first-order chi connectivity index (χ1) is 12.7. The summed E-state index contributed by atoms with van der Waals surface area (Å²) in [6, 6.07) is 8.60. The highest BCUT2D eigenvalue weighted by molar-refractivity contribution is 5.81. The van der Waals surface area contributed by atoms with Crippen LogP contribution in [0.15, 0.2) is 30.5 Å². The molecule has 4 rings (SSSR count). The summed E-state index contributed by atoms with van der Waals surface area (Å²) >= 11 is 0. The molecule has 0 N–H and O–H groups in total. The fourth-order valence-electron chi connectivity index (χ4n) is 4.42. The largest absolute Gasteiger partial charge is 0.381 e. The standard InChI is InChI=1S/C21H28N2O3/c1-17-2-3-19-18(16-17)4-9-22(19)10-5-20(24)23-11-15-26-14-8-21(23)6-12-25-13-7-21/h2-4,9,16H,5-8,10-15H2,1H3. The summed E-state index contributed by atoms with van der Waals surface area (Å²) < 4.78 is 13.4. The van der Waals surface area contributed by atoms with Crippen LogP contribution in [-0.2, 0) is 20.8 Å². The lowest BCUT2D eigenvalue weighted by molar-refractivity contribution is -0.142. The van der Waals surface area contributed by atoms with Crippen molar-refractivity contribution in [2.75, 3.05) is 33.0 Å². The highest BCUT2D eigenvalue weighted by atomic mass is 16.5. The third-order valence-electron chi connectivity index (χ3n) is 5.96. The zero-order chi connectivity index (χ0) is 18.0. The molecular formula is C21H28N2O3. The van der Waals surface area contributed by atoms with Crippen LogP contribution in [0.2, 0.25) is 0 Å². The molecule has 2 aromatic rings. The van der Waals surface area contributed by atoms with Gasteiger partial charge in [0.25, 0.3) is 0 Å². The number of nitrogens with zero attached hydrogens (tertiary/aromatic N) is 2. The van der Waals surface area contributed by atoms with E-state index >= 15 is 0 Å². The Bertz CT molecular complexity index is 777. The zero-order valence-electron chi connectivity index (χ0n) is 15.6. The van der Waals surface area contributed by atoms with Gasteiger partial charge in [-0.05, 0) is 49.8 Å². The smallest absolute Gasteiger partial charge is 0.224 e. The number of amides is 1. The van der Waals surface area contributed by atoms with Crippen LogP contribution in [0.5, 0.6) is 0 Å². The molecule has 2 saturated heterocycles. The molecule has 0 saturated carbocycles. The van der Waals surface area contributed by atoms with Gasteiger partial charge in [-0.25, -0.2) is 0 Å². The average Bonchev–Trinajstić information content (AvgIpc) is 2.94. The molecule has 26 heavy (non-hydrogen) atoms. The molecule has 5 heteroatoms. The molecule has 0 atom stereocenters. The van der Waals surface area contributed by atoms with E-state index in [4.69, 9.17) is 9.47 Å². The fourth-order valence-corrected chi connectivity index (χ4v) is 4.42. The molecule has 1 amide bonds. The van der Waals surface area contributed by atoms with Crippen LogP contribution < -0.4 is 0 Å². The van der Waals surface area contributed by atoms with Crippen molar-refractivity contribution in [3.8, 4) is 0 Å². The SMILES string of the molecule is Cc1ccc2c(ccn2CCC(=O)N2CCOCCC23CCOCC3)c1. The number of carbonyl (C=O) groups excluding carboxylic acids is 1. The maximum absolute atomic E-state index is 13.1. The number of ether oxygens (including phenoxy) is 2. The van der Waals surface area contributed by atoms with Gasteiger partial charge in [-0.2, -0.15) is 0 Å². The first-order valence-corrected chi connectivity index (χ1v) is 9.69. The molecule has 0 aliphatic carbocycles. The van der Waals surface area contributed by atoms with Crippen LogP contribution >= 0.6 is 0 Å². The number of rotatable bonds is 3. The molecule has 2 aliphatic rings. The minimum atomic E-state index is -0.0678. The van der Waals surface area contributed by atoms with Crippen LogP contribution in [0.25, 0.3) is 10.9 Å². The van der Waals surface area contributed by atoms with Crippen LogP contribution in [0.3, 0.4) is 0 Å². The molecule has 0 unspecified atom stereocenters. The van der Waals surface area contributed by atoms with Crippen molar-refractivity contribution >= 4 is 16.8 Å². The van der Waals surface area contributed by atoms with Crippen molar-refractivity contribution in [1.82, 2.24) is 9.47 Å². The molecule has 5 nitrogen and oxygen atoms in total. The number of aryl methyl sites for hydroxylation is 2. The number of hydrogen-bond acceptors (Lipinski definition) is 3. The van der Waals surface area contributed by atoms with Crippen molar-refractivity contribution in [2.24, 2.45) is 0 Å². The quantitative estimate of drug-likeness (QED) is 0.849. The number of aromatic nitrogens is 1. The summed E-state index contributed by atoms with van der Waals surface area (Å²) in [5, 5.41) is 1.24. The van der Waals surface area contributed by atoms with E-state index in [2.05, 4.69) is 46.9 Å². The molecular weight excluding hydrogens is 328 g/mol. The highest BCUT2D eigenvalue weighted by Gasteiger charge is 2.41. The number of benzene rings is 1. The van der Waals surface area contributed by atoms with E-state index < -0.39 is 0 Å². The van der Waals surface area contributed by atoms with Crippen LogP contribution in [0.1, 0.15) is 31.2 Å². The van der Waals surface area contributed by atoms with E-state index in [-0.39, 0.29) is 11.4 Å². The van der Waals surface area contributed by atoms with Crippen molar-refractivity contribution in [3.05, 3.63) is 36.0 Å². The molecule has 1 aromatic heterocycles. The Morgan fingerprint density at radius 1 is 1.08 bits per heavy atom. The topological polar surface area (TPSA) is 43.7 Å². The Morgan fingerprint density at radius 3 is 2.58 bits per heavy atom. The predicted octanol–water partition coefficient (Wildman–Crippen LogP) is 3.14. The van der Waals surface area contributed by atoms with E-state index in [1.54, 1.807) is 0 Å². The molecule has 2 fully saturated rings. The maximum atomic E-state index is 13.1. The Balaban J connectivity index is 1.48. The highest BCUT2D eigenvalue weighted by Crippen LogP contribution is 2.33. The van der Waals surface area contributed by atoms with E-state index in [0.29, 0.717) is 19.6 Å². The lowest BCUT2D eigenvalue weighted by atomic mass is 9.84. The summed E-state index contributed by atoms with van der Waals surface area (Å²) in [5.74, 6) is 0.242. The Hall–Kier alpha value is -1.85. The van der Waals surface area contributed by atoms with Gasteiger partial charge in [0.05, 0.1) is 6.61 Å². The minimum absolute atomic E-state index is 0.0678. The summed E-state index contributed by atoms with van der Waals surface area (Å²) in [6.45, 7) is 6.39. The van der Waals surface area contributed by atoms with Crippen LogP contribution in [0, 0.1) is 6.92 Å². The predicted molar refractivity (Wildman–Crippen MR) is 101 cm³/mol. The van der Waals surface area contributed by atoms with Gasteiger partial charge >= 0.3 is 0 Å². The molecule has 140 valence electrons. The molecule has 3 heterocycles. The first-order valence-electron chi connectivity index (χ1n) is 9.69. The average molecular weight is 356 g/mol. The van der Waals surface area contributed by atoms with Gasteiger partial charge in [-0.1, -0.05) is 11.6 Å². The summed E-state index contributed by atoms with van der Waals surface area (Å²) in [6.07, 6.45) is 5.39. The second-order valence-electron chi connectivity index (χ2n) is 7.57.